The molecule has 0 atom stereocenters. The molecular formula is C23H22N4OS. The number of aromatic hydroxyl groups is 1. The van der Waals surface area contributed by atoms with Crippen molar-refractivity contribution in [2.45, 2.75) is 26.2 Å². The molecule has 0 aliphatic carbocycles. The SMILES string of the molecule is CC(C)(C)c1ccc(-c2n[nH]c(=S)n2/N=C/c2c(O)ccc3ccccc23)cc1. The molecule has 2 N–H and O–H groups in total. The fourth-order valence-corrected chi connectivity index (χ4v) is 3.42. The summed E-state index contributed by atoms with van der Waals surface area (Å²) in [6.07, 6.45) is 1.62. The molecule has 0 spiro atoms. The second-order valence-electron chi connectivity index (χ2n) is 7.96. The Morgan fingerprint density at radius 1 is 1.03 bits per heavy atom. The summed E-state index contributed by atoms with van der Waals surface area (Å²) in [5, 5.41) is 24.0. The lowest BCUT2D eigenvalue weighted by atomic mass is 9.87. The quantitative estimate of drug-likeness (QED) is 0.344. The molecule has 0 amide bonds. The number of nitrogens with zero attached hydrogens (tertiary/aromatic N) is 3. The Labute approximate surface area is 174 Å². The zero-order valence-electron chi connectivity index (χ0n) is 16.5. The number of nitrogens with one attached hydrogen (secondary N) is 1. The zero-order chi connectivity index (χ0) is 20.6. The van der Waals surface area contributed by atoms with Gasteiger partial charge < -0.3 is 5.11 Å². The van der Waals surface area contributed by atoms with Crippen LogP contribution in [0.4, 0.5) is 0 Å². The van der Waals surface area contributed by atoms with Crippen molar-refractivity contribution in [3.8, 4) is 17.1 Å². The maximum Gasteiger partial charge on any atom is 0.216 e. The van der Waals surface area contributed by atoms with E-state index in [2.05, 4.69) is 48.2 Å². The van der Waals surface area contributed by atoms with Gasteiger partial charge in [0.25, 0.3) is 0 Å². The molecule has 3 aromatic carbocycles. The first-order chi connectivity index (χ1) is 13.8. The van der Waals surface area contributed by atoms with E-state index >= 15 is 0 Å². The summed E-state index contributed by atoms with van der Waals surface area (Å²) in [5.74, 6) is 0.782. The van der Waals surface area contributed by atoms with Crippen LogP contribution < -0.4 is 0 Å². The van der Waals surface area contributed by atoms with Crippen LogP contribution in [0.15, 0.2) is 65.8 Å². The fourth-order valence-electron chi connectivity index (χ4n) is 3.24. The van der Waals surface area contributed by atoms with Gasteiger partial charge in [0.05, 0.1) is 6.21 Å². The van der Waals surface area contributed by atoms with Gasteiger partial charge in [-0.25, -0.2) is 5.10 Å². The highest BCUT2D eigenvalue weighted by Gasteiger charge is 2.15. The number of benzene rings is 3. The van der Waals surface area contributed by atoms with Crippen molar-refractivity contribution in [2.24, 2.45) is 5.10 Å². The lowest BCUT2D eigenvalue weighted by Gasteiger charge is -2.18. The predicted octanol–water partition coefficient (Wildman–Crippen LogP) is 5.65. The van der Waals surface area contributed by atoms with Gasteiger partial charge in [0.15, 0.2) is 5.82 Å². The molecule has 0 aliphatic rings. The predicted molar refractivity (Wildman–Crippen MR) is 120 cm³/mol. The third-order valence-corrected chi connectivity index (χ3v) is 5.17. The van der Waals surface area contributed by atoms with E-state index in [0.29, 0.717) is 16.2 Å². The maximum atomic E-state index is 10.3. The minimum Gasteiger partial charge on any atom is -0.507 e. The molecule has 1 heterocycles. The molecule has 1 aromatic heterocycles. The second-order valence-corrected chi connectivity index (χ2v) is 8.34. The van der Waals surface area contributed by atoms with E-state index in [-0.39, 0.29) is 11.2 Å². The number of fused-ring (bicyclic) bond motifs is 1. The van der Waals surface area contributed by atoms with Gasteiger partial charge in [-0.1, -0.05) is 75.4 Å². The summed E-state index contributed by atoms with van der Waals surface area (Å²) in [4.78, 5) is 0. The minimum absolute atomic E-state index is 0.0767. The van der Waals surface area contributed by atoms with Gasteiger partial charge in [-0.15, -0.1) is 0 Å². The van der Waals surface area contributed by atoms with Crippen LogP contribution in [0.5, 0.6) is 5.75 Å². The molecule has 0 aliphatic heterocycles. The Morgan fingerprint density at radius 3 is 2.48 bits per heavy atom. The first kappa shape index (κ1) is 19.1. The molecule has 6 heteroatoms. The van der Waals surface area contributed by atoms with E-state index in [1.165, 1.54) is 5.56 Å². The molecule has 5 nitrogen and oxygen atoms in total. The number of aromatic amines is 1. The number of aromatic nitrogens is 3. The number of phenolic OH excluding ortho intramolecular Hbond substituents is 1. The summed E-state index contributed by atoms with van der Waals surface area (Å²) in [6.45, 7) is 6.54. The van der Waals surface area contributed by atoms with Crippen LogP contribution in [0.25, 0.3) is 22.2 Å². The lowest BCUT2D eigenvalue weighted by Crippen LogP contribution is -2.10. The van der Waals surface area contributed by atoms with Gasteiger partial charge in [0.1, 0.15) is 5.75 Å². The summed E-state index contributed by atoms with van der Waals surface area (Å²) in [7, 11) is 0. The van der Waals surface area contributed by atoms with Crippen molar-refractivity contribution in [1.29, 1.82) is 0 Å². The molecule has 0 radical (unpaired) electrons. The summed E-state index contributed by atoms with van der Waals surface area (Å²) in [5.41, 5.74) is 2.86. The van der Waals surface area contributed by atoms with E-state index in [0.717, 1.165) is 16.3 Å². The molecule has 0 unspecified atom stereocenters. The van der Waals surface area contributed by atoms with E-state index in [4.69, 9.17) is 12.2 Å². The number of phenols is 1. The molecule has 4 rings (SSSR count). The largest absolute Gasteiger partial charge is 0.507 e. The summed E-state index contributed by atoms with van der Waals surface area (Å²) < 4.78 is 1.96. The van der Waals surface area contributed by atoms with Gasteiger partial charge in [0, 0.05) is 11.1 Å². The van der Waals surface area contributed by atoms with Crippen LogP contribution in [-0.2, 0) is 5.41 Å². The number of hydrogen-bond donors (Lipinski definition) is 2. The van der Waals surface area contributed by atoms with Gasteiger partial charge in [-0.3, -0.25) is 0 Å². The molecule has 0 saturated carbocycles. The normalized spacial score (nSPS) is 12.1. The number of H-pyrrole nitrogens is 1. The zero-order valence-corrected chi connectivity index (χ0v) is 17.4. The third-order valence-electron chi connectivity index (χ3n) is 4.91. The van der Waals surface area contributed by atoms with Crippen LogP contribution in [0, 0.1) is 4.77 Å². The first-order valence-corrected chi connectivity index (χ1v) is 9.79. The van der Waals surface area contributed by atoms with Crippen LogP contribution >= 0.6 is 12.2 Å². The number of hydrogen-bond acceptors (Lipinski definition) is 4. The fraction of sp³-hybridized carbons (Fsp3) is 0.174. The Hall–Kier alpha value is -3.25. The maximum absolute atomic E-state index is 10.3. The van der Waals surface area contributed by atoms with Crippen LogP contribution in [-0.4, -0.2) is 26.2 Å². The summed E-state index contributed by atoms with van der Waals surface area (Å²) >= 11 is 5.37. The van der Waals surface area contributed by atoms with E-state index < -0.39 is 0 Å². The van der Waals surface area contributed by atoms with Crippen LogP contribution in [0.1, 0.15) is 31.9 Å². The molecule has 29 heavy (non-hydrogen) atoms. The van der Waals surface area contributed by atoms with Crippen LogP contribution in [0.3, 0.4) is 0 Å². The number of rotatable bonds is 3. The highest BCUT2D eigenvalue weighted by Crippen LogP contribution is 2.27. The molecule has 0 saturated heterocycles. The Morgan fingerprint density at radius 2 is 1.76 bits per heavy atom. The third kappa shape index (κ3) is 3.71. The van der Waals surface area contributed by atoms with Gasteiger partial charge in [-0.2, -0.15) is 14.9 Å². The monoisotopic (exact) mass is 402 g/mol. The standard InChI is InChI=1S/C23H22N4OS/c1-23(2,3)17-11-8-16(9-12-17)21-25-26-22(29)27(21)24-14-19-18-7-5-4-6-15(18)10-13-20(19)28/h4-14,28H,1-3H3,(H,26,29)/b24-14+. The van der Waals surface area contributed by atoms with Crippen LogP contribution in [0.2, 0.25) is 0 Å². The van der Waals surface area contributed by atoms with Crippen molar-refractivity contribution in [3.05, 3.63) is 76.6 Å². The molecule has 0 bridgehead atoms. The van der Waals surface area contributed by atoms with Crippen molar-refractivity contribution >= 4 is 29.2 Å². The Balaban J connectivity index is 1.76. The van der Waals surface area contributed by atoms with Gasteiger partial charge in [-0.05, 0) is 40.0 Å². The van der Waals surface area contributed by atoms with E-state index in [9.17, 15) is 5.11 Å². The second kappa shape index (κ2) is 7.29. The van der Waals surface area contributed by atoms with Gasteiger partial charge >= 0.3 is 0 Å². The molecule has 0 fully saturated rings. The first-order valence-electron chi connectivity index (χ1n) is 9.38. The van der Waals surface area contributed by atoms with Gasteiger partial charge in [0.2, 0.25) is 4.77 Å². The molecule has 4 aromatic rings. The molecule has 146 valence electrons. The van der Waals surface area contributed by atoms with Crippen molar-refractivity contribution < 1.29 is 5.11 Å². The average Bonchev–Trinajstić information content (AvgIpc) is 3.07. The highest BCUT2D eigenvalue weighted by atomic mass is 32.1. The van der Waals surface area contributed by atoms with Crippen molar-refractivity contribution in [2.75, 3.05) is 0 Å². The Bertz CT molecular complexity index is 1260. The van der Waals surface area contributed by atoms with Crippen molar-refractivity contribution in [3.63, 3.8) is 0 Å². The van der Waals surface area contributed by atoms with Crippen molar-refractivity contribution in [1.82, 2.24) is 14.9 Å². The highest BCUT2D eigenvalue weighted by molar-refractivity contribution is 7.71. The van der Waals surface area contributed by atoms with E-state index in [1.807, 2.05) is 42.5 Å². The minimum atomic E-state index is 0.0767. The Kier molecular flexibility index (Phi) is 4.80. The molecular weight excluding hydrogens is 380 g/mol. The average molecular weight is 403 g/mol. The lowest BCUT2D eigenvalue weighted by molar-refractivity contribution is 0.475. The topological polar surface area (TPSA) is 66.2 Å². The van der Waals surface area contributed by atoms with E-state index in [1.54, 1.807) is 17.0 Å². The smallest absolute Gasteiger partial charge is 0.216 e. The summed E-state index contributed by atoms with van der Waals surface area (Å²) in [6, 6.07) is 19.6.